The third kappa shape index (κ3) is 3.80. The van der Waals surface area contributed by atoms with Crippen molar-refractivity contribution in [3.63, 3.8) is 0 Å². The number of para-hydroxylation sites is 2. The van der Waals surface area contributed by atoms with Crippen LogP contribution in [0.5, 0.6) is 5.75 Å². The van der Waals surface area contributed by atoms with Gasteiger partial charge in [0.25, 0.3) is 0 Å². The number of rotatable bonds is 4. The SMILES string of the molecule is Nc1ccccc1OC=C1CN(Cc2ccccc2)CCO1. The second kappa shape index (κ2) is 7.00. The summed E-state index contributed by atoms with van der Waals surface area (Å²) in [6.07, 6.45) is 1.66. The zero-order valence-electron chi connectivity index (χ0n) is 12.4. The summed E-state index contributed by atoms with van der Waals surface area (Å²) in [6, 6.07) is 17.9. The highest BCUT2D eigenvalue weighted by molar-refractivity contribution is 5.52. The van der Waals surface area contributed by atoms with Gasteiger partial charge in [-0.2, -0.15) is 0 Å². The van der Waals surface area contributed by atoms with Crippen molar-refractivity contribution in [2.75, 3.05) is 25.4 Å². The van der Waals surface area contributed by atoms with Crippen molar-refractivity contribution in [1.82, 2.24) is 4.90 Å². The molecule has 1 fully saturated rings. The maximum Gasteiger partial charge on any atom is 0.149 e. The molecule has 0 unspecified atom stereocenters. The Hall–Kier alpha value is -2.46. The van der Waals surface area contributed by atoms with E-state index in [1.807, 2.05) is 30.3 Å². The Morgan fingerprint density at radius 1 is 1.09 bits per heavy atom. The minimum Gasteiger partial charge on any atom is -0.492 e. The molecule has 1 aliphatic rings. The predicted molar refractivity (Wildman–Crippen MR) is 87.2 cm³/mol. The smallest absolute Gasteiger partial charge is 0.149 e. The number of hydrogen-bond acceptors (Lipinski definition) is 4. The standard InChI is InChI=1S/C18H20N2O2/c19-17-8-4-5-9-18(17)22-14-16-13-20(10-11-21-16)12-15-6-2-1-3-7-15/h1-9,14H,10-13,19H2. The number of nitrogens with two attached hydrogens (primary N) is 1. The molecule has 3 rings (SSSR count). The van der Waals surface area contributed by atoms with Gasteiger partial charge in [0, 0.05) is 13.1 Å². The Labute approximate surface area is 130 Å². The first-order valence-corrected chi connectivity index (χ1v) is 7.40. The van der Waals surface area contributed by atoms with Crippen molar-refractivity contribution in [2.24, 2.45) is 0 Å². The Morgan fingerprint density at radius 3 is 2.68 bits per heavy atom. The lowest BCUT2D eigenvalue weighted by atomic mass is 10.2. The number of nitrogen functional groups attached to an aromatic ring is 1. The van der Waals surface area contributed by atoms with Crippen LogP contribution in [0, 0.1) is 0 Å². The van der Waals surface area contributed by atoms with Crippen LogP contribution in [0.2, 0.25) is 0 Å². The lowest BCUT2D eigenvalue weighted by Gasteiger charge is -2.28. The molecule has 0 amide bonds. The minimum atomic E-state index is 0.622. The molecule has 0 aliphatic carbocycles. The number of ether oxygens (including phenoxy) is 2. The summed E-state index contributed by atoms with van der Waals surface area (Å²) in [5, 5.41) is 0. The molecule has 4 nitrogen and oxygen atoms in total. The van der Waals surface area contributed by atoms with E-state index in [1.54, 1.807) is 6.26 Å². The molecule has 4 heteroatoms. The zero-order valence-corrected chi connectivity index (χ0v) is 12.4. The van der Waals surface area contributed by atoms with Crippen LogP contribution in [0.1, 0.15) is 5.56 Å². The van der Waals surface area contributed by atoms with E-state index >= 15 is 0 Å². The van der Waals surface area contributed by atoms with E-state index in [0.29, 0.717) is 18.0 Å². The molecule has 1 aliphatic heterocycles. The van der Waals surface area contributed by atoms with Crippen molar-refractivity contribution in [2.45, 2.75) is 6.54 Å². The molecule has 0 atom stereocenters. The van der Waals surface area contributed by atoms with Crippen LogP contribution in [-0.2, 0) is 11.3 Å². The fraction of sp³-hybridized carbons (Fsp3) is 0.222. The third-order valence-electron chi connectivity index (χ3n) is 3.56. The van der Waals surface area contributed by atoms with Crippen LogP contribution in [-0.4, -0.2) is 24.6 Å². The average Bonchev–Trinajstić information content (AvgIpc) is 2.55. The molecule has 1 heterocycles. The van der Waals surface area contributed by atoms with Gasteiger partial charge < -0.3 is 15.2 Å². The van der Waals surface area contributed by atoms with E-state index in [-0.39, 0.29) is 0 Å². The summed E-state index contributed by atoms with van der Waals surface area (Å²) in [6.45, 7) is 3.24. The van der Waals surface area contributed by atoms with Gasteiger partial charge in [-0.25, -0.2) is 0 Å². The largest absolute Gasteiger partial charge is 0.492 e. The number of nitrogens with zero attached hydrogens (tertiary/aromatic N) is 1. The first kappa shape index (κ1) is 14.5. The summed E-state index contributed by atoms with van der Waals surface area (Å²) >= 11 is 0. The maximum absolute atomic E-state index is 5.86. The molecular formula is C18H20N2O2. The van der Waals surface area contributed by atoms with Gasteiger partial charge in [0.15, 0.2) is 0 Å². The van der Waals surface area contributed by atoms with Gasteiger partial charge in [-0.1, -0.05) is 42.5 Å². The first-order valence-electron chi connectivity index (χ1n) is 7.40. The highest BCUT2D eigenvalue weighted by Gasteiger charge is 2.16. The predicted octanol–water partition coefficient (Wildman–Crippen LogP) is 3.02. The molecule has 0 saturated carbocycles. The lowest BCUT2D eigenvalue weighted by molar-refractivity contribution is 0.0843. The van der Waals surface area contributed by atoms with E-state index in [2.05, 4.69) is 29.2 Å². The molecule has 114 valence electrons. The second-order valence-electron chi connectivity index (χ2n) is 5.28. The second-order valence-corrected chi connectivity index (χ2v) is 5.28. The van der Waals surface area contributed by atoms with Crippen molar-refractivity contribution in [1.29, 1.82) is 0 Å². The number of hydrogen-bond donors (Lipinski definition) is 1. The van der Waals surface area contributed by atoms with Crippen LogP contribution in [0.25, 0.3) is 0 Å². The Morgan fingerprint density at radius 2 is 1.86 bits per heavy atom. The molecule has 22 heavy (non-hydrogen) atoms. The molecule has 0 spiro atoms. The van der Waals surface area contributed by atoms with Crippen LogP contribution in [0.3, 0.4) is 0 Å². The van der Waals surface area contributed by atoms with E-state index in [4.69, 9.17) is 15.2 Å². The van der Waals surface area contributed by atoms with Crippen LogP contribution >= 0.6 is 0 Å². The Kier molecular flexibility index (Phi) is 4.61. The molecule has 0 bridgehead atoms. The highest BCUT2D eigenvalue weighted by Crippen LogP contribution is 2.21. The zero-order chi connectivity index (χ0) is 15.2. The molecule has 2 aromatic rings. The van der Waals surface area contributed by atoms with Crippen molar-refractivity contribution in [3.05, 3.63) is 72.2 Å². The van der Waals surface area contributed by atoms with E-state index < -0.39 is 0 Å². The Balaban J connectivity index is 1.60. The molecule has 2 N–H and O–H groups in total. The van der Waals surface area contributed by atoms with Crippen LogP contribution in [0.4, 0.5) is 5.69 Å². The third-order valence-corrected chi connectivity index (χ3v) is 3.56. The summed E-state index contributed by atoms with van der Waals surface area (Å²) in [5.41, 5.74) is 7.78. The van der Waals surface area contributed by atoms with Gasteiger partial charge in [-0.15, -0.1) is 0 Å². The lowest BCUT2D eigenvalue weighted by Crippen LogP contribution is -2.34. The summed E-state index contributed by atoms with van der Waals surface area (Å²) in [5.74, 6) is 1.48. The van der Waals surface area contributed by atoms with E-state index in [0.717, 1.165) is 25.4 Å². The monoisotopic (exact) mass is 296 g/mol. The van der Waals surface area contributed by atoms with Gasteiger partial charge in [0.1, 0.15) is 24.4 Å². The van der Waals surface area contributed by atoms with Gasteiger partial charge in [0.2, 0.25) is 0 Å². The fourth-order valence-electron chi connectivity index (χ4n) is 2.42. The summed E-state index contributed by atoms with van der Waals surface area (Å²) < 4.78 is 11.3. The number of morpholine rings is 1. The quantitative estimate of drug-likeness (QED) is 0.696. The maximum atomic E-state index is 5.86. The molecule has 0 aromatic heterocycles. The molecule has 2 aromatic carbocycles. The summed E-state index contributed by atoms with van der Waals surface area (Å²) in [4.78, 5) is 2.34. The first-order chi connectivity index (χ1) is 10.8. The van der Waals surface area contributed by atoms with Crippen molar-refractivity contribution >= 4 is 5.69 Å². The fourth-order valence-corrected chi connectivity index (χ4v) is 2.42. The van der Waals surface area contributed by atoms with Crippen LogP contribution in [0.15, 0.2) is 66.6 Å². The van der Waals surface area contributed by atoms with E-state index in [9.17, 15) is 0 Å². The topological polar surface area (TPSA) is 47.7 Å². The molecule has 0 radical (unpaired) electrons. The van der Waals surface area contributed by atoms with Gasteiger partial charge in [-0.3, -0.25) is 4.90 Å². The number of benzene rings is 2. The van der Waals surface area contributed by atoms with Gasteiger partial charge in [0.05, 0.1) is 12.2 Å². The van der Waals surface area contributed by atoms with Gasteiger partial charge >= 0.3 is 0 Å². The molecule has 1 saturated heterocycles. The Bertz CT molecular complexity index is 641. The number of anilines is 1. The van der Waals surface area contributed by atoms with Crippen LogP contribution < -0.4 is 10.5 Å². The summed E-state index contributed by atoms with van der Waals surface area (Å²) in [7, 11) is 0. The average molecular weight is 296 g/mol. The normalized spacial score (nSPS) is 17.2. The van der Waals surface area contributed by atoms with Gasteiger partial charge in [-0.05, 0) is 17.7 Å². The highest BCUT2D eigenvalue weighted by atomic mass is 16.5. The van der Waals surface area contributed by atoms with E-state index in [1.165, 1.54) is 5.56 Å². The molecular weight excluding hydrogens is 276 g/mol. The van der Waals surface area contributed by atoms with Crippen molar-refractivity contribution in [3.8, 4) is 5.75 Å². The minimum absolute atomic E-state index is 0.622. The van der Waals surface area contributed by atoms with Crippen molar-refractivity contribution < 1.29 is 9.47 Å².